The molecule has 1 fully saturated rings. The summed E-state index contributed by atoms with van der Waals surface area (Å²) in [5, 5.41) is 3.29. The highest BCUT2D eigenvalue weighted by molar-refractivity contribution is 5.85. The first-order valence-corrected chi connectivity index (χ1v) is 5.64. The monoisotopic (exact) mass is 281 g/mol. The summed E-state index contributed by atoms with van der Waals surface area (Å²) in [4.78, 5) is 0. The zero-order valence-electron chi connectivity index (χ0n) is 9.67. The number of alkyl halides is 3. The average molecular weight is 282 g/mol. The van der Waals surface area contributed by atoms with Crippen LogP contribution >= 0.6 is 12.4 Å². The lowest BCUT2D eigenvalue weighted by molar-refractivity contribution is -0.274. The first kappa shape index (κ1) is 15.1. The Morgan fingerprint density at radius 3 is 2.61 bits per heavy atom. The Bertz CT molecular complexity index is 378. The Hall–Kier alpha value is -0.940. The highest BCUT2D eigenvalue weighted by atomic mass is 35.5. The molecule has 1 atom stereocenters. The molecule has 102 valence electrons. The smallest absolute Gasteiger partial charge is 0.406 e. The molecule has 0 aliphatic carbocycles. The van der Waals surface area contributed by atoms with Gasteiger partial charge < -0.3 is 10.1 Å². The molecule has 0 aromatic heterocycles. The van der Waals surface area contributed by atoms with Gasteiger partial charge in [0.1, 0.15) is 5.75 Å². The molecule has 1 aliphatic heterocycles. The Morgan fingerprint density at radius 2 is 2.00 bits per heavy atom. The summed E-state index contributed by atoms with van der Waals surface area (Å²) < 4.78 is 40.1. The predicted molar refractivity (Wildman–Crippen MR) is 65.0 cm³/mol. The third-order valence-corrected chi connectivity index (χ3v) is 2.80. The highest BCUT2D eigenvalue weighted by Crippen LogP contribution is 2.28. The fraction of sp³-hybridized carbons (Fsp3) is 0.500. The second-order valence-corrected chi connectivity index (χ2v) is 4.12. The van der Waals surface area contributed by atoms with E-state index in [2.05, 4.69) is 10.1 Å². The van der Waals surface area contributed by atoms with Gasteiger partial charge in [-0.25, -0.2) is 0 Å². The van der Waals surface area contributed by atoms with Gasteiger partial charge in [-0.3, -0.25) is 0 Å². The minimum Gasteiger partial charge on any atom is -0.406 e. The number of rotatable bonds is 2. The molecule has 18 heavy (non-hydrogen) atoms. The van der Waals surface area contributed by atoms with E-state index in [1.807, 2.05) is 6.07 Å². The van der Waals surface area contributed by atoms with Crippen molar-refractivity contribution in [2.75, 3.05) is 6.54 Å². The molecule has 2 nitrogen and oxygen atoms in total. The standard InChI is InChI=1S/C12H14F3NO.ClH/c13-12(14,15)17-10-5-3-4-9(8-10)11-6-1-2-7-16-11;/h3-5,8,11,16H,1-2,6-7H2;1H/t11-;/m1./s1. The number of nitrogens with one attached hydrogen (secondary N) is 1. The van der Waals surface area contributed by atoms with E-state index in [1.54, 1.807) is 6.07 Å². The van der Waals surface area contributed by atoms with Crippen molar-refractivity contribution in [3.63, 3.8) is 0 Å². The van der Waals surface area contributed by atoms with Crippen molar-refractivity contribution in [2.45, 2.75) is 31.7 Å². The molecular formula is C12H15ClF3NO. The number of piperidine rings is 1. The molecular weight excluding hydrogens is 267 g/mol. The van der Waals surface area contributed by atoms with E-state index in [4.69, 9.17) is 0 Å². The van der Waals surface area contributed by atoms with Crippen molar-refractivity contribution in [1.82, 2.24) is 5.32 Å². The fourth-order valence-electron chi connectivity index (χ4n) is 2.06. The summed E-state index contributed by atoms with van der Waals surface area (Å²) in [5.41, 5.74) is 0.853. The van der Waals surface area contributed by atoms with E-state index in [0.717, 1.165) is 31.4 Å². The van der Waals surface area contributed by atoms with Crippen LogP contribution in [0.4, 0.5) is 13.2 Å². The van der Waals surface area contributed by atoms with Crippen LogP contribution in [0.1, 0.15) is 30.9 Å². The highest BCUT2D eigenvalue weighted by Gasteiger charge is 2.31. The molecule has 0 radical (unpaired) electrons. The van der Waals surface area contributed by atoms with Crippen LogP contribution in [-0.4, -0.2) is 12.9 Å². The van der Waals surface area contributed by atoms with Gasteiger partial charge in [0.2, 0.25) is 0 Å². The molecule has 1 heterocycles. The molecule has 6 heteroatoms. The topological polar surface area (TPSA) is 21.3 Å². The number of halogens is 4. The first-order chi connectivity index (χ1) is 8.04. The van der Waals surface area contributed by atoms with Gasteiger partial charge in [-0.05, 0) is 37.1 Å². The van der Waals surface area contributed by atoms with Crippen molar-refractivity contribution in [2.24, 2.45) is 0 Å². The Kier molecular flexibility index (Phi) is 5.28. The maximum atomic E-state index is 12.1. The molecule has 0 unspecified atom stereocenters. The molecule has 2 rings (SSSR count). The van der Waals surface area contributed by atoms with Crippen LogP contribution in [0, 0.1) is 0 Å². The van der Waals surface area contributed by atoms with Crippen LogP contribution < -0.4 is 10.1 Å². The predicted octanol–water partition coefficient (Wildman–Crippen LogP) is 3.82. The van der Waals surface area contributed by atoms with Crippen LogP contribution in [0.3, 0.4) is 0 Å². The lowest BCUT2D eigenvalue weighted by Crippen LogP contribution is -2.26. The van der Waals surface area contributed by atoms with Crippen LogP contribution in [-0.2, 0) is 0 Å². The SMILES string of the molecule is Cl.FC(F)(F)Oc1cccc([C@H]2CCCCN2)c1. The first-order valence-electron chi connectivity index (χ1n) is 5.64. The lowest BCUT2D eigenvalue weighted by Gasteiger charge is -2.24. The van der Waals surface area contributed by atoms with Crippen molar-refractivity contribution >= 4 is 12.4 Å². The second kappa shape index (κ2) is 6.29. The summed E-state index contributed by atoms with van der Waals surface area (Å²) in [6, 6.07) is 6.33. The van der Waals surface area contributed by atoms with Gasteiger partial charge >= 0.3 is 6.36 Å². The summed E-state index contributed by atoms with van der Waals surface area (Å²) in [7, 11) is 0. The zero-order chi connectivity index (χ0) is 12.3. The number of hydrogen-bond acceptors (Lipinski definition) is 2. The third kappa shape index (κ3) is 4.38. The summed E-state index contributed by atoms with van der Waals surface area (Å²) >= 11 is 0. The molecule has 0 amide bonds. The van der Waals surface area contributed by atoms with Gasteiger partial charge in [-0.1, -0.05) is 18.6 Å². The van der Waals surface area contributed by atoms with E-state index in [-0.39, 0.29) is 24.2 Å². The summed E-state index contributed by atoms with van der Waals surface area (Å²) in [5.74, 6) is -0.151. The minimum atomic E-state index is -4.63. The molecule has 1 aliphatic rings. The Morgan fingerprint density at radius 1 is 1.22 bits per heavy atom. The van der Waals surface area contributed by atoms with Crippen molar-refractivity contribution in [3.8, 4) is 5.75 Å². The van der Waals surface area contributed by atoms with E-state index in [9.17, 15) is 13.2 Å². The van der Waals surface area contributed by atoms with E-state index in [0.29, 0.717) is 0 Å². The maximum Gasteiger partial charge on any atom is 0.573 e. The zero-order valence-corrected chi connectivity index (χ0v) is 10.5. The van der Waals surface area contributed by atoms with Crippen LogP contribution in [0.25, 0.3) is 0 Å². The molecule has 0 spiro atoms. The number of benzene rings is 1. The van der Waals surface area contributed by atoms with Crippen LogP contribution in [0.15, 0.2) is 24.3 Å². The van der Waals surface area contributed by atoms with Crippen LogP contribution in [0.2, 0.25) is 0 Å². The number of hydrogen-bond donors (Lipinski definition) is 1. The maximum absolute atomic E-state index is 12.1. The van der Waals surface area contributed by atoms with E-state index in [1.165, 1.54) is 12.1 Å². The van der Waals surface area contributed by atoms with Gasteiger partial charge in [0.25, 0.3) is 0 Å². The van der Waals surface area contributed by atoms with Crippen molar-refractivity contribution in [1.29, 1.82) is 0 Å². The van der Waals surface area contributed by atoms with Gasteiger partial charge in [0.05, 0.1) is 0 Å². The van der Waals surface area contributed by atoms with Crippen LogP contribution in [0.5, 0.6) is 5.75 Å². The summed E-state index contributed by atoms with van der Waals surface area (Å²) in [6.45, 7) is 0.912. The summed E-state index contributed by atoms with van der Waals surface area (Å²) in [6.07, 6.45) is -1.45. The van der Waals surface area contributed by atoms with E-state index < -0.39 is 6.36 Å². The van der Waals surface area contributed by atoms with Gasteiger partial charge in [0, 0.05) is 6.04 Å². The third-order valence-electron chi connectivity index (χ3n) is 2.80. The molecule has 0 saturated carbocycles. The van der Waals surface area contributed by atoms with Crippen molar-refractivity contribution < 1.29 is 17.9 Å². The largest absolute Gasteiger partial charge is 0.573 e. The Balaban J connectivity index is 0.00000162. The molecule has 1 saturated heterocycles. The van der Waals surface area contributed by atoms with Gasteiger partial charge in [-0.15, -0.1) is 25.6 Å². The minimum absolute atomic E-state index is 0. The molecule has 1 N–H and O–H groups in total. The lowest BCUT2D eigenvalue weighted by atomic mass is 9.97. The average Bonchev–Trinajstić information content (AvgIpc) is 2.28. The van der Waals surface area contributed by atoms with Gasteiger partial charge in [-0.2, -0.15) is 0 Å². The second-order valence-electron chi connectivity index (χ2n) is 4.12. The number of ether oxygens (including phenoxy) is 1. The van der Waals surface area contributed by atoms with E-state index >= 15 is 0 Å². The quantitative estimate of drug-likeness (QED) is 0.890. The molecule has 0 bridgehead atoms. The fourth-order valence-corrected chi connectivity index (χ4v) is 2.06. The van der Waals surface area contributed by atoms with Gasteiger partial charge in [0.15, 0.2) is 0 Å². The normalized spacial score (nSPS) is 20.1. The van der Waals surface area contributed by atoms with Crippen molar-refractivity contribution in [3.05, 3.63) is 29.8 Å². The molecule has 1 aromatic carbocycles. The Labute approximate surface area is 110 Å². The molecule has 1 aromatic rings.